The number of esters is 1. The van der Waals surface area contributed by atoms with Gasteiger partial charge in [-0.2, -0.15) is 0 Å². The zero-order valence-electron chi connectivity index (χ0n) is 41.4. The number of ether oxygens (including phenoxy) is 1. The highest BCUT2D eigenvalue weighted by atomic mass is 16.5. The summed E-state index contributed by atoms with van der Waals surface area (Å²) in [5.41, 5.74) is 0. The van der Waals surface area contributed by atoms with Crippen molar-refractivity contribution in [2.75, 3.05) is 13.2 Å². The van der Waals surface area contributed by atoms with Gasteiger partial charge in [-0.25, -0.2) is 0 Å². The highest BCUT2D eigenvalue weighted by Crippen LogP contribution is 2.16. The lowest BCUT2D eigenvalue weighted by Crippen LogP contribution is -2.45. The molecule has 364 valence electrons. The first-order chi connectivity index (χ1) is 30.5. The highest BCUT2D eigenvalue weighted by Gasteiger charge is 2.18. The van der Waals surface area contributed by atoms with Crippen LogP contribution in [0.1, 0.15) is 284 Å². The van der Waals surface area contributed by atoms with E-state index in [1.54, 1.807) is 6.08 Å². The van der Waals surface area contributed by atoms with Gasteiger partial charge in [0.25, 0.3) is 0 Å². The first-order valence-electron chi connectivity index (χ1n) is 27.3. The molecule has 6 nitrogen and oxygen atoms in total. The van der Waals surface area contributed by atoms with Crippen molar-refractivity contribution >= 4 is 11.9 Å². The maximum absolute atomic E-state index is 12.4. The number of unbranched alkanes of at least 4 members (excludes halogenated alkanes) is 36. The van der Waals surface area contributed by atoms with Gasteiger partial charge in [-0.3, -0.25) is 9.59 Å². The van der Waals surface area contributed by atoms with Crippen LogP contribution in [0.3, 0.4) is 0 Å². The van der Waals surface area contributed by atoms with Gasteiger partial charge in [0.1, 0.15) is 0 Å². The summed E-state index contributed by atoms with van der Waals surface area (Å²) in [5.74, 6) is -0.0919. The molecule has 6 heteroatoms. The van der Waals surface area contributed by atoms with Crippen LogP contribution >= 0.6 is 0 Å². The topological polar surface area (TPSA) is 95.9 Å². The number of hydrogen-bond donors (Lipinski definition) is 3. The third-order valence-electron chi connectivity index (χ3n) is 12.4. The van der Waals surface area contributed by atoms with Gasteiger partial charge in [0.2, 0.25) is 5.91 Å². The second kappa shape index (κ2) is 51.7. The lowest BCUT2D eigenvalue weighted by Gasteiger charge is -2.20. The number of carbonyl (C=O) groups excluding carboxylic acids is 2. The molecule has 0 saturated carbocycles. The number of hydrogen-bond acceptors (Lipinski definition) is 5. The molecule has 0 spiro atoms. The van der Waals surface area contributed by atoms with Gasteiger partial charge in [0.05, 0.1) is 25.4 Å². The number of nitrogens with one attached hydrogen (secondary N) is 1. The Kier molecular flexibility index (Phi) is 50.1. The predicted molar refractivity (Wildman–Crippen MR) is 269 cm³/mol. The number of aliphatic hydroxyl groups is 2. The summed E-state index contributed by atoms with van der Waals surface area (Å²) in [5, 5.41) is 23.1. The molecule has 0 bridgehead atoms. The molecule has 0 aromatic carbocycles. The van der Waals surface area contributed by atoms with E-state index >= 15 is 0 Å². The van der Waals surface area contributed by atoms with Crippen molar-refractivity contribution in [1.29, 1.82) is 0 Å². The summed E-state index contributed by atoms with van der Waals surface area (Å²) in [6, 6.07) is -0.635. The van der Waals surface area contributed by atoms with Gasteiger partial charge in [-0.1, -0.05) is 243 Å². The molecule has 0 heterocycles. The molecule has 0 aliphatic heterocycles. The molecular weight excluding hydrogens is 767 g/mol. The van der Waals surface area contributed by atoms with Crippen LogP contribution in [0.15, 0.2) is 36.5 Å². The Morgan fingerprint density at radius 2 is 0.790 bits per heavy atom. The van der Waals surface area contributed by atoms with Gasteiger partial charge >= 0.3 is 5.97 Å². The van der Waals surface area contributed by atoms with E-state index in [1.165, 1.54) is 180 Å². The fraction of sp³-hybridized carbons (Fsp3) is 0.857. The average molecular weight is 872 g/mol. The number of aliphatic hydroxyl groups excluding tert-OH is 2. The van der Waals surface area contributed by atoms with Gasteiger partial charge in [-0.05, 0) is 64.2 Å². The van der Waals surface area contributed by atoms with Crippen LogP contribution in [0.2, 0.25) is 0 Å². The smallest absolute Gasteiger partial charge is 0.305 e. The minimum Gasteiger partial charge on any atom is -0.466 e. The van der Waals surface area contributed by atoms with Crippen molar-refractivity contribution in [2.45, 2.75) is 296 Å². The normalized spacial score (nSPS) is 12.9. The van der Waals surface area contributed by atoms with Gasteiger partial charge < -0.3 is 20.3 Å². The molecule has 0 aliphatic rings. The van der Waals surface area contributed by atoms with Crippen molar-refractivity contribution in [3.8, 4) is 0 Å². The molecule has 0 aliphatic carbocycles. The second-order valence-electron chi connectivity index (χ2n) is 18.6. The molecule has 0 saturated heterocycles. The monoisotopic (exact) mass is 872 g/mol. The third kappa shape index (κ3) is 47.6. The Bertz CT molecular complexity index is 1010. The quantitative estimate of drug-likeness (QED) is 0.0245. The first-order valence-corrected chi connectivity index (χ1v) is 27.3. The summed E-state index contributed by atoms with van der Waals surface area (Å²) >= 11 is 0. The molecule has 0 rings (SSSR count). The molecule has 1 amide bonds. The van der Waals surface area contributed by atoms with Gasteiger partial charge in [0, 0.05) is 12.8 Å². The largest absolute Gasteiger partial charge is 0.466 e. The van der Waals surface area contributed by atoms with Crippen LogP contribution in [0, 0.1) is 0 Å². The summed E-state index contributed by atoms with van der Waals surface area (Å²) in [6.45, 7) is 4.86. The number of rotatable bonds is 50. The van der Waals surface area contributed by atoms with E-state index in [0.29, 0.717) is 19.4 Å². The van der Waals surface area contributed by atoms with Crippen LogP contribution in [-0.2, 0) is 14.3 Å². The van der Waals surface area contributed by atoms with Crippen LogP contribution in [0.4, 0.5) is 0 Å². The number of amides is 1. The maximum Gasteiger partial charge on any atom is 0.305 e. The van der Waals surface area contributed by atoms with E-state index in [2.05, 4.69) is 43.5 Å². The summed E-state index contributed by atoms with van der Waals surface area (Å²) < 4.78 is 5.44. The summed E-state index contributed by atoms with van der Waals surface area (Å²) in [6.07, 6.45) is 63.0. The zero-order chi connectivity index (χ0) is 45.1. The van der Waals surface area contributed by atoms with E-state index in [-0.39, 0.29) is 18.5 Å². The fourth-order valence-electron chi connectivity index (χ4n) is 8.21. The molecule has 62 heavy (non-hydrogen) atoms. The SMILES string of the molecule is CCCCCCCCCCCCCC/C=C/C(O)C(CO)NC(=O)CCCCCCCCCCCC/C=C\C=C/CCCCCOC(=O)CCCCCCCCCCCCCC. The van der Waals surface area contributed by atoms with Crippen LogP contribution in [0.5, 0.6) is 0 Å². The second-order valence-corrected chi connectivity index (χ2v) is 18.6. The molecular formula is C56H105NO5. The first kappa shape index (κ1) is 60.1. The molecule has 2 atom stereocenters. The van der Waals surface area contributed by atoms with E-state index in [0.717, 1.165) is 77.0 Å². The van der Waals surface area contributed by atoms with Crippen molar-refractivity contribution in [3.05, 3.63) is 36.5 Å². The Morgan fingerprint density at radius 3 is 1.19 bits per heavy atom. The standard InChI is InChI=1S/C56H105NO5/c1-3-5-7-9-11-13-15-17-25-28-32-36-40-44-48-54(59)53(52-58)57-55(60)49-45-41-37-33-29-26-23-21-19-18-20-22-24-27-31-35-39-43-47-51-62-56(61)50-46-42-38-34-30-16-14-12-10-8-6-4-2/h22,24,27,31,44,48,53-54,58-59H,3-21,23,25-26,28-30,32-43,45-47,49-52H2,1-2H3,(H,57,60)/b24-22-,31-27-,48-44+. The molecule has 0 aromatic heterocycles. The van der Waals surface area contributed by atoms with E-state index in [9.17, 15) is 19.8 Å². The fourth-order valence-corrected chi connectivity index (χ4v) is 8.21. The van der Waals surface area contributed by atoms with Gasteiger partial charge in [0.15, 0.2) is 0 Å². The molecule has 0 aromatic rings. The Balaban J connectivity index is 3.51. The molecule has 2 unspecified atom stereocenters. The summed E-state index contributed by atoms with van der Waals surface area (Å²) in [4.78, 5) is 24.4. The van der Waals surface area contributed by atoms with Crippen molar-refractivity contribution in [2.24, 2.45) is 0 Å². The van der Waals surface area contributed by atoms with Crippen molar-refractivity contribution < 1.29 is 24.5 Å². The molecule has 0 radical (unpaired) electrons. The Hall–Kier alpha value is -1.92. The van der Waals surface area contributed by atoms with Crippen LogP contribution < -0.4 is 5.32 Å². The van der Waals surface area contributed by atoms with Crippen LogP contribution in [0.25, 0.3) is 0 Å². The maximum atomic E-state index is 12.4. The summed E-state index contributed by atoms with van der Waals surface area (Å²) in [7, 11) is 0. The third-order valence-corrected chi connectivity index (χ3v) is 12.4. The van der Waals surface area contributed by atoms with E-state index in [1.807, 2.05) is 6.08 Å². The van der Waals surface area contributed by atoms with Crippen LogP contribution in [-0.4, -0.2) is 47.4 Å². The van der Waals surface area contributed by atoms with Crippen molar-refractivity contribution in [1.82, 2.24) is 5.32 Å². The number of allylic oxidation sites excluding steroid dienone is 5. The van der Waals surface area contributed by atoms with Crippen molar-refractivity contribution in [3.63, 3.8) is 0 Å². The van der Waals surface area contributed by atoms with E-state index < -0.39 is 12.1 Å². The van der Waals surface area contributed by atoms with E-state index in [4.69, 9.17) is 4.74 Å². The average Bonchev–Trinajstić information content (AvgIpc) is 3.27. The minimum atomic E-state index is -0.850. The lowest BCUT2D eigenvalue weighted by atomic mass is 10.0. The minimum absolute atomic E-state index is 0.0139. The number of carbonyl (C=O) groups is 2. The highest BCUT2D eigenvalue weighted by molar-refractivity contribution is 5.76. The lowest BCUT2D eigenvalue weighted by molar-refractivity contribution is -0.143. The Labute approximate surface area is 385 Å². The Morgan fingerprint density at radius 1 is 0.452 bits per heavy atom. The zero-order valence-corrected chi connectivity index (χ0v) is 41.4. The molecule has 3 N–H and O–H groups in total. The van der Waals surface area contributed by atoms with Gasteiger partial charge in [-0.15, -0.1) is 0 Å². The predicted octanol–water partition coefficient (Wildman–Crippen LogP) is 16.5. The molecule has 0 fully saturated rings.